The number of carbonyl (C=O) groups is 1. The number of hydrogen-bond acceptors (Lipinski definition) is 3. The zero-order valence-corrected chi connectivity index (χ0v) is 11.5. The van der Waals surface area contributed by atoms with Crippen molar-refractivity contribution in [3.05, 3.63) is 65.7 Å². The van der Waals surface area contributed by atoms with E-state index in [9.17, 15) is 4.79 Å². The van der Waals surface area contributed by atoms with Crippen LogP contribution < -0.4 is 11.1 Å². The Bertz CT molecular complexity index is 640. The Kier molecular flexibility index (Phi) is 5.25. The van der Waals surface area contributed by atoms with E-state index in [1.54, 1.807) is 12.1 Å². The molecule has 0 radical (unpaired) electrons. The van der Waals surface area contributed by atoms with E-state index in [2.05, 4.69) is 17.2 Å². The van der Waals surface area contributed by atoms with Gasteiger partial charge in [0.15, 0.2) is 0 Å². The Balaban J connectivity index is 1.71. The Morgan fingerprint density at radius 2 is 1.81 bits per heavy atom. The molecule has 0 heterocycles. The summed E-state index contributed by atoms with van der Waals surface area (Å²) in [6, 6.07) is 16.7. The lowest BCUT2D eigenvalue weighted by atomic mass is 10.2. The number of nitrogens with one attached hydrogen (secondary N) is 1. The molecule has 0 fully saturated rings. The van der Waals surface area contributed by atoms with Gasteiger partial charge in [-0.15, -0.1) is 0 Å². The summed E-state index contributed by atoms with van der Waals surface area (Å²) in [5, 5.41) is 2.58. The molecule has 2 aromatic carbocycles. The average Bonchev–Trinajstić information content (AvgIpc) is 2.52. The number of benzene rings is 2. The molecule has 0 bridgehead atoms. The zero-order chi connectivity index (χ0) is 14.9. The molecule has 0 aliphatic heterocycles. The minimum Gasteiger partial charge on any atom is -0.445 e. The Labute approximate surface area is 123 Å². The first kappa shape index (κ1) is 14.5. The minimum absolute atomic E-state index is 0.234. The standard InChI is InChI=1S/C17H16N2O2/c18-16-10-8-14(9-11-16)7-4-12-19-17(20)21-13-15-5-2-1-3-6-15/h1-3,5-6,8-11H,12-13,18H2,(H,19,20). The highest BCUT2D eigenvalue weighted by Gasteiger charge is 1.99. The fourth-order valence-corrected chi connectivity index (χ4v) is 1.60. The molecule has 2 aromatic rings. The predicted octanol–water partition coefficient (Wildman–Crippen LogP) is 2.55. The molecule has 0 saturated carbocycles. The molecule has 2 rings (SSSR count). The molecule has 106 valence electrons. The van der Waals surface area contributed by atoms with E-state index in [4.69, 9.17) is 10.5 Å². The van der Waals surface area contributed by atoms with Crippen molar-refractivity contribution >= 4 is 11.8 Å². The van der Waals surface area contributed by atoms with Crippen LogP contribution in [0.1, 0.15) is 11.1 Å². The monoisotopic (exact) mass is 280 g/mol. The normalized spacial score (nSPS) is 9.33. The lowest BCUT2D eigenvalue weighted by Crippen LogP contribution is -2.24. The van der Waals surface area contributed by atoms with Gasteiger partial charge in [0.05, 0.1) is 6.54 Å². The van der Waals surface area contributed by atoms with E-state index in [-0.39, 0.29) is 13.2 Å². The molecular weight excluding hydrogens is 264 g/mol. The van der Waals surface area contributed by atoms with Crippen LogP contribution in [0, 0.1) is 11.8 Å². The maximum Gasteiger partial charge on any atom is 0.408 e. The summed E-state index contributed by atoms with van der Waals surface area (Å²) in [5.74, 6) is 5.77. The molecule has 0 atom stereocenters. The van der Waals surface area contributed by atoms with Crippen molar-refractivity contribution in [2.75, 3.05) is 12.3 Å². The third-order valence-electron chi connectivity index (χ3n) is 2.68. The van der Waals surface area contributed by atoms with Gasteiger partial charge in [-0.25, -0.2) is 4.79 Å². The summed E-state index contributed by atoms with van der Waals surface area (Å²) in [4.78, 5) is 11.5. The van der Waals surface area contributed by atoms with Crippen LogP contribution in [0.2, 0.25) is 0 Å². The number of ether oxygens (including phenoxy) is 1. The van der Waals surface area contributed by atoms with Crippen molar-refractivity contribution in [1.29, 1.82) is 0 Å². The minimum atomic E-state index is -0.481. The predicted molar refractivity (Wildman–Crippen MR) is 82.4 cm³/mol. The molecule has 0 spiro atoms. The van der Waals surface area contributed by atoms with Gasteiger partial charge in [0, 0.05) is 11.3 Å². The van der Waals surface area contributed by atoms with E-state index < -0.39 is 6.09 Å². The van der Waals surface area contributed by atoms with Crippen LogP contribution in [-0.2, 0) is 11.3 Å². The van der Waals surface area contributed by atoms with Crippen LogP contribution in [0.4, 0.5) is 10.5 Å². The summed E-state index contributed by atoms with van der Waals surface area (Å²) in [6.45, 7) is 0.482. The van der Waals surface area contributed by atoms with E-state index >= 15 is 0 Å². The number of amides is 1. The number of nitrogen functional groups attached to an aromatic ring is 1. The van der Waals surface area contributed by atoms with E-state index in [0.29, 0.717) is 5.69 Å². The quantitative estimate of drug-likeness (QED) is 0.671. The Morgan fingerprint density at radius 1 is 1.10 bits per heavy atom. The summed E-state index contributed by atoms with van der Waals surface area (Å²) >= 11 is 0. The summed E-state index contributed by atoms with van der Waals surface area (Å²) < 4.78 is 5.06. The molecule has 0 unspecified atom stereocenters. The molecule has 4 nitrogen and oxygen atoms in total. The second-order valence-corrected chi connectivity index (χ2v) is 4.34. The van der Waals surface area contributed by atoms with Crippen LogP contribution >= 0.6 is 0 Å². The molecule has 0 aromatic heterocycles. The fraction of sp³-hybridized carbons (Fsp3) is 0.118. The number of alkyl carbamates (subject to hydrolysis) is 1. The van der Waals surface area contributed by atoms with Crippen molar-refractivity contribution in [2.24, 2.45) is 0 Å². The first-order valence-electron chi connectivity index (χ1n) is 6.53. The van der Waals surface area contributed by atoms with Crippen LogP contribution in [0.3, 0.4) is 0 Å². The maximum absolute atomic E-state index is 11.5. The number of nitrogens with two attached hydrogens (primary N) is 1. The molecular formula is C17H16N2O2. The summed E-state index contributed by atoms with van der Waals surface area (Å²) in [6.07, 6.45) is -0.481. The van der Waals surface area contributed by atoms with Gasteiger partial charge in [-0.2, -0.15) is 0 Å². The molecule has 0 saturated heterocycles. The highest BCUT2D eigenvalue weighted by Crippen LogP contribution is 2.03. The van der Waals surface area contributed by atoms with Gasteiger partial charge < -0.3 is 15.8 Å². The molecule has 3 N–H and O–H groups in total. The van der Waals surface area contributed by atoms with Gasteiger partial charge in [-0.3, -0.25) is 0 Å². The van der Waals surface area contributed by atoms with Crippen molar-refractivity contribution in [3.63, 3.8) is 0 Å². The molecule has 0 aliphatic rings. The molecule has 1 amide bonds. The van der Waals surface area contributed by atoms with Gasteiger partial charge in [0.1, 0.15) is 6.61 Å². The van der Waals surface area contributed by atoms with E-state index in [1.807, 2.05) is 42.5 Å². The van der Waals surface area contributed by atoms with E-state index in [0.717, 1.165) is 11.1 Å². The third kappa shape index (κ3) is 5.29. The number of hydrogen-bond donors (Lipinski definition) is 2. The second kappa shape index (κ2) is 7.61. The first-order valence-corrected chi connectivity index (χ1v) is 6.53. The SMILES string of the molecule is Nc1ccc(C#CCNC(=O)OCc2ccccc2)cc1. The topological polar surface area (TPSA) is 64.3 Å². The largest absolute Gasteiger partial charge is 0.445 e. The van der Waals surface area contributed by atoms with E-state index in [1.165, 1.54) is 0 Å². The summed E-state index contributed by atoms with van der Waals surface area (Å²) in [7, 11) is 0. The van der Waals surface area contributed by atoms with Crippen molar-refractivity contribution in [1.82, 2.24) is 5.32 Å². The Morgan fingerprint density at radius 3 is 2.52 bits per heavy atom. The Hall–Kier alpha value is -2.93. The average molecular weight is 280 g/mol. The van der Waals surface area contributed by atoms with Gasteiger partial charge in [-0.05, 0) is 29.8 Å². The number of carbonyl (C=O) groups excluding carboxylic acids is 1. The first-order chi connectivity index (χ1) is 10.2. The van der Waals surface area contributed by atoms with Crippen molar-refractivity contribution < 1.29 is 9.53 Å². The highest BCUT2D eigenvalue weighted by molar-refractivity contribution is 5.67. The lowest BCUT2D eigenvalue weighted by molar-refractivity contribution is 0.141. The molecule has 21 heavy (non-hydrogen) atoms. The summed E-state index contributed by atoms with van der Waals surface area (Å²) in [5.41, 5.74) is 8.07. The smallest absolute Gasteiger partial charge is 0.408 e. The van der Waals surface area contributed by atoms with Crippen LogP contribution in [0.15, 0.2) is 54.6 Å². The fourth-order valence-electron chi connectivity index (χ4n) is 1.60. The highest BCUT2D eigenvalue weighted by atomic mass is 16.5. The van der Waals surface area contributed by atoms with Crippen LogP contribution in [-0.4, -0.2) is 12.6 Å². The maximum atomic E-state index is 11.5. The molecule has 4 heteroatoms. The molecule has 0 aliphatic carbocycles. The zero-order valence-electron chi connectivity index (χ0n) is 11.5. The van der Waals surface area contributed by atoms with Gasteiger partial charge in [0.25, 0.3) is 0 Å². The van der Waals surface area contributed by atoms with Gasteiger partial charge in [0.2, 0.25) is 0 Å². The van der Waals surface area contributed by atoms with Gasteiger partial charge in [-0.1, -0.05) is 42.2 Å². The lowest BCUT2D eigenvalue weighted by Gasteiger charge is -2.04. The van der Waals surface area contributed by atoms with Crippen LogP contribution in [0.5, 0.6) is 0 Å². The van der Waals surface area contributed by atoms with Crippen molar-refractivity contribution in [3.8, 4) is 11.8 Å². The van der Waals surface area contributed by atoms with Crippen molar-refractivity contribution in [2.45, 2.75) is 6.61 Å². The van der Waals surface area contributed by atoms with Crippen LogP contribution in [0.25, 0.3) is 0 Å². The third-order valence-corrected chi connectivity index (χ3v) is 2.68. The second-order valence-electron chi connectivity index (χ2n) is 4.34. The van der Waals surface area contributed by atoms with Gasteiger partial charge >= 0.3 is 6.09 Å². The number of rotatable bonds is 3. The number of anilines is 1.